The number of aliphatic hydroxyl groups excluding tert-OH is 1. The second-order valence-corrected chi connectivity index (χ2v) is 3.64. The van der Waals surface area contributed by atoms with Gasteiger partial charge in [0.1, 0.15) is 17.7 Å². The molecule has 0 spiro atoms. The molecule has 2 nitrogen and oxygen atoms in total. The van der Waals surface area contributed by atoms with Crippen LogP contribution in [0.5, 0.6) is 0 Å². The molecule has 0 saturated heterocycles. The minimum Gasteiger partial charge on any atom is -0.385 e. The summed E-state index contributed by atoms with van der Waals surface area (Å²) in [6, 6.07) is 3.52. The van der Waals surface area contributed by atoms with E-state index in [0.717, 1.165) is 18.6 Å². The van der Waals surface area contributed by atoms with Gasteiger partial charge in [-0.3, -0.25) is 0 Å². The van der Waals surface area contributed by atoms with Crippen LogP contribution in [0.1, 0.15) is 31.4 Å². The lowest BCUT2D eigenvalue weighted by atomic mass is 10.00. The zero-order valence-electron chi connectivity index (χ0n) is 9.41. The Labute approximate surface area is 93.9 Å². The number of hydrogen-bond acceptors (Lipinski definition) is 2. The third kappa shape index (κ3) is 2.77. The summed E-state index contributed by atoms with van der Waals surface area (Å²) in [5, 5.41) is 9.87. The van der Waals surface area contributed by atoms with Gasteiger partial charge in [-0.25, -0.2) is 8.78 Å². The van der Waals surface area contributed by atoms with E-state index in [1.54, 1.807) is 0 Å². The molecule has 1 aromatic carbocycles. The Bertz CT molecular complexity index is 322. The van der Waals surface area contributed by atoms with Gasteiger partial charge >= 0.3 is 0 Å². The summed E-state index contributed by atoms with van der Waals surface area (Å²) in [6.45, 7) is 1.91. The van der Waals surface area contributed by atoms with Crippen molar-refractivity contribution < 1.29 is 18.6 Å². The number of ether oxygens (including phenoxy) is 1. The molecule has 1 rings (SSSR count). The first kappa shape index (κ1) is 13.1. The maximum Gasteiger partial charge on any atom is 0.132 e. The van der Waals surface area contributed by atoms with Crippen LogP contribution in [-0.2, 0) is 4.74 Å². The van der Waals surface area contributed by atoms with E-state index < -0.39 is 23.8 Å². The van der Waals surface area contributed by atoms with Gasteiger partial charge in [-0.2, -0.15) is 0 Å². The smallest absolute Gasteiger partial charge is 0.132 e. The molecule has 0 saturated carbocycles. The Morgan fingerprint density at radius 1 is 1.31 bits per heavy atom. The molecule has 0 aliphatic heterocycles. The van der Waals surface area contributed by atoms with Gasteiger partial charge in [0.2, 0.25) is 0 Å². The van der Waals surface area contributed by atoms with E-state index in [1.165, 1.54) is 13.2 Å². The predicted octanol–water partition coefficient (Wildman–Crippen LogP) is 2.81. The van der Waals surface area contributed by atoms with E-state index in [0.29, 0.717) is 6.42 Å². The van der Waals surface area contributed by atoms with Gasteiger partial charge in [-0.15, -0.1) is 0 Å². The van der Waals surface area contributed by atoms with Gasteiger partial charge < -0.3 is 9.84 Å². The number of aliphatic hydroxyl groups is 1. The molecule has 0 aliphatic rings. The van der Waals surface area contributed by atoms with E-state index in [9.17, 15) is 13.9 Å². The summed E-state index contributed by atoms with van der Waals surface area (Å²) >= 11 is 0. The normalized spacial score (nSPS) is 14.8. The first-order valence-corrected chi connectivity index (χ1v) is 5.26. The van der Waals surface area contributed by atoms with Crippen molar-refractivity contribution in [3.05, 3.63) is 35.4 Å². The van der Waals surface area contributed by atoms with E-state index in [2.05, 4.69) is 0 Å². The molecule has 0 fully saturated rings. The van der Waals surface area contributed by atoms with E-state index >= 15 is 0 Å². The number of halogens is 2. The fraction of sp³-hybridized carbons (Fsp3) is 0.500. The number of methoxy groups -OCH3 is 1. The van der Waals surface area contributed by atoms with Crippen LogP contribution < -0.4 is 0 Å². The van der Waals surface area contributed by atoms with Crippen molar-refractivity contribution in [2.45, 2.75) is 32.0 Å². The molecule has 0 aliphatic carbocycles. The maximum absolute atomic E-state index is 13.4. The van der Waals surface area contributed by atoms with Crippen LogP contribution in [0.3, 0.4) is 0 Å². The number of hydrogen-bond donors (Lipinski definition) is 1. The number of rotatable bonds is 5. The summed E-state index contributed by atoms with van der Waals surface area (Å²) in [5.74, 6) is -1.49. The molecule has 2 atom stereocenters. The minimum atomic E-state index is -1.27. The lowest BCUT2D eigenvalue weighted by Gasteiger charge is -2.22. The van der Waals surface area contributed by atoms with Crippen LogP contribution in [0.2, 0.25) is 0 Å². The van der Waals surface area contributed by atoms with Gasteiger partial charge in [0.05, 0.1) is 11.7 Å². The van der Waals surface area contributed by atoms with Crippen LogP contribution in [0.25, 0.3) is 0 Å². The monoisotopic (exact) mass is 230 g/mol. The van der Waals surface area contributed by atoms with Gasteiger partial charge in [0, 0.05) is 7.11 Å². The summed E-state index contributed by atoms with van der Waals surface area (Å²) in [7, 11) is 1.42. The zero-order valence-corrected chi connectivity index (χ0v) is 9.41. The van der Waals surface area contributed by atoms with Crippen LogP contribution in [0.4, 0.5) is 8.78 Å². The molecule has 0 radical (unpaired) electrons. The standard InChI is InChI=1S/C12H16F2O2/c1-3-5-10(16-2)12(15)11-8(13)6-4-7-9(11)14/h4,6-7,10,12,15H,3,5H2,1-2H3. The Morgan fingerprint density at radius 3 is 2.31 bits per heavy atom. The zero-order chi connectivity index (χ0) is 12.1. The summed E-state index contributed by atoms with van der Waals surface area (Å²) in [4.78, 5) is 0. The fourth-order valence-electron chi connectivity index (χ4n) is 1.67. The van der Waals surface area contributed by atoms with Crippen molar-refractivity contribution in [3.8, 4) is 0 Å². The van der Waals surface area contributed by atoms with Crippen LogP contribution in [0, 0.1) is 11.6 Å². The second-order valence-electron chi connectivity index (χ2n) is 3.64. The van der Waals surface area contributed by atoms with Crippen molar-refractivity contribution in [1.29, 1.82) is 0 Å². The fourth-order valence-corrected chi connectivity index (χ4v) is 1.67. The van der Waals surface area contributed by atoms with Gasteiger partial charge in [-0.1, -0.05) is 19.4 Å². The average Bonchev–Trinajstić information content (AvgIpc) is 2.25. The van der Waals surface area contributed by atoms with Crippen molar-refractivity contribution >= 4 is 0 Å². The molecular weight excluding hydrogens is 214 g/mol. The summed E-state index contributed by atoms with van der Waals surface area (Å²) in [5.41, 5.74) is -0.317. The van der Waals surface area contributed by atoms with Crippen LogP contribution in [0.15, 0.2) is 18.2 Å². The maximum atomic E-state index is 13.4. The van der Waals surface area contributed by atoms with Crippen molar-refractivity contribution in [2.24, 2.45) is 0 Å². The van der Waals surface area contributed by atoms with Gasteiger partial charge in [-0.05, 0) is 18.6 Å². The van der Waals surface area contributed by atoms with Gasteiger partial charge in [0.25, 0.3) is 0 Å². The Balaban J connectivity index is 2.98. The Morgan fingerprint density at radius 2 is 1.88 bits per heavy atom. The van der Waals surface area contributed by atoms with Crippen LogP contribution in [-0.4, -0.2) is 18.3 Å². The minimum absolute atomic E-state index is 0.317. The second kappa shape index (κ2) is 5.92. The molecule has 0 amide bonds. The molecule has 4 heteroatoms. The molecule has 0 heterocycles. The predicted molar refractivity (Wildman–Crippen MR) is 57.0 cm³/mol. The highest BCUT2D eigenvalue weighted by atomic mass is 19.1. The molecule has 2 unspecified atom stereocenters. The Kier molecular flexibility index (Phi) is 4.83. The van der Waals surface area contributed by atoms with Gasteiger partial charge in [0.15, 0.2) is 0 Å². The first-order chi connectivity index (χ1) is 7.61. The highest BCUT2D eigenvalue weighted by Crippen LogP contribution is 2.26. The van der Waals surface area contributed by atoms with E-state index in [1.807, 2.05) is 6.92 Å². The lowest BCUT2D eigenvalue weighted by Crippen LogP contribution is -2.22. The van der Waals surface area contributed by atoms with E-state index in [4.69, 9.17) is 4.74 Å². The largest absolute Gasteiger partial charge is 0.385 e. The topological polar surface area (TPSA) is 29.5 Å². The summed E-state index contributed by atoms with van der Waals surface area (Å²) in [6.07, 6.45) is -0.542. The van der Waals surface area contributed by atoms with Crippen molar-refractivity contribution in [1.82, 2.24) is 0 Å². The SMILES string of the molecule is CCCC(OC)C(O)c1c(F)cccc1F. The molecule has 90 valence electrons. The highest BCUT2D eigenvalue weighted by molar-refractivity contribution is 5.22. The molecule has 0 aromatic heterocycles. The molecule has 16 heavy (non-hydrogen) atoms. The molecular formula is C12H16F2O2. The molecule has 1 N–H and O–H groups in total. The Hall–Kier alpha value is -1.00. The van der Waals surface area contributed by atoms with Crippen molar-refractivity contribution in [2.75, 3.05) is 7.11 Å². The van der Waals surface area contributed by atoms with Crippen LogP contribution >= 0.6 is 0 Å². The first-order valence-electron chi connectivity index (χ1n) is 5.26. The average molecular weight is 230 g/mol. The van der Waals surface area contributed by atoms with Crippen molar-refractivity contribution in [3.63, 3.8) is 0 Å². The highest BCUT2D eigenvalue weighted by Gasteiger charge is 2.25. The molecule has 1 aromatic rings. The summed E-state index contributed by atoms with van der Waals surface area (Å²) < 4.78 is 31.8. The number of benzene rings is 1. The quantitative estimate of drug-likeness (QED) is 0.842. The molecule has 0 bridgehead atoms. The van der Waals surface area contributed by atoms with E-state index in [-0.39, 0.29) is 5.56 Å². The third-order valence-electron chi connectivity index (χ3n) is 2.52. The lowest BCUT2D eigenvalue weighted by molar-refractivity contribution is -0.0212. The third-order valence-corrected chi connectivity index (χ3v) is 2.52.